The van der Waals surface area contributed by atoms with Crippen LogP contribution in [0.25, 0.3) is 0 Å². The van der Waals surface area contributed by atoms with E-state index in [2.05, 4.69) is 16.0 Å². The molecule has 0 aromatic heterocycles. The predicted octanol–water partition coefficient (Wildman–Crippen LogP) is 2.25. The van der Waals surface area contributed by atoms with Crippen molar-refractivity contribution in [1.29, 1.82) is 0 Å². The topological polar surface area (TPSA) is 73.5 Å². The van der Waals surface area contributed by atoms with Gasteiger partial charge in [0.2, 0.25) is 5.91 Å². The van der Waals surface area contributed by atoms with Crippen LogP contribution in [-0.4, -0.2) is 49.6 Å². The van der Waals surface area contributed by atoms with E-state index >= 15 is 0 Å². The highest BCUT2D eigenvalue weighted by atomic mass is 19.1. The van der Waals surface area contributed by atoms with Crippen LogP contribution in [0.4, 0.5) is 9.18 Å². The Morgan fingerprint density at radius 2 is 1.89 bits per heavy atom. The molecule has 0 radical (unpaired) electrons. The second-order valence-corrected chi connectivity index (χ2v) is 7.12. The van der Waals surface area contributed by atoms with E-state index in [0.717, 1.165) is 44.5 Å². The minimum absolute atomic E-state index is 0.00306. The van der Waals surface area contributed by atoms with Crippen LogP contribution >= 0.6 is 0 Å². The van der Waals surface area contributed by atoms with E-state index in [-0.39, 0.29) is 24.3 Å². The highest BCUT2D eigenvalue weighted by Crippen LogP contribution is 2.17. The summed E-state index contributed by atoms with van der Waals surface area (Å²) in [5.41, 5.74) is 0.802. The molecule has 150 valence electrons. The van der Waals surface area contributed by atoms with Crippen LogP contribution in [0, 0.1) is 11.7 Å². The number of benzene rings is 1. The normalized spacial score (nSPS) is 16.0. The second-order valence-electron chi connectivity index (χ2n) is 7.12. The second kappa shape index (κ2) is 10.9. The molecule has 27 heavy (non-hydrogen) atoms. The number of carbonyl (C=O) groups excluding carboxylic acids is 2. The Morgan fingerprint density at radius 3 is 2.48 bits per heavy atom. The van der Waals surface area contributed by atoms with Crippen molar-refractivity contribution >= 4 is 11.9 Å². The number of rotatable bonds is 8. The number of carbonyl (C=O) groups is 2. The quantitative estimate of drug-likeness (QED) is 0.650. The minimum atomic E-state index is -0.510. The van der Waals surface area contributed by atoms with Crippen molar-refractivity contribution in [3.63, 3.8) is 0 Å². The van der Waals surface area contributed by atoms with Gasteiger partial charge in [-0.3, -0.25) is 4.79 Å². The summed E-state index contributed by atoms with van der Waals surface area (Å²) in [6.45, 7) is 4.74. The number of urea groups is 1. The van der Waals surface area contributed by atoms with Gasteiger partial charge in [0.25, 0.3) is 0 Å². The van der Waals surface area contributed by atoms with E-state index < -0.39 is 6.04 Å². The van der Waals surface area contributed by atoms with Crippen LogP contribution in [-0.2, 0) is 11.3 Å². The van der Waals surface area contributed by atoms with Crippen molar-refractivity contribution < 1.29 is 14.0 Å². The third-order valence-electron chi connectivity index (χ3n) is 4.97. The summed E-state index contributed by atoms with van der Waals surface area (Å²) in [5, 5.41) is 8.73. The van der Waals surface area contributed by atoms with Crippen molar-refractivity contribution in [2.45, 2.75) is 45.2 Å². The molecule has 0 saturated carbocycles. The first kappa shape index (κ1) is 21.2. The summed E-state index contributed by atoms with van der Waals surface area (Å²) in [6.07, 6.45) is 3.40. The van der Waals surface area contributed by atoms with Gasteiger partial charge < -0.3 is 20.9 Å². The van der Waals surface area contributed by atoms with E-state index in [1.807, 2.05) is 18.9 Å². The molecule has 1 atom stereocenters. The number of amides is 3. The highest BCUT2D eigenvalue weighted by molar-refractivity contribution is 5.87. The minimum Gasteiger partial charge on any atom is -0.341 e. The van der Waals surface area contributed by atoms with E-state index in [9.17, 15) is 14.0 Å². The molecule has 1 unspecified atom stereocenters. The average molecular weight is 378 g/mol. The molecule has 0 bridgehead atoms. The summed E-state index contributed by atoms with van der Waals surface area (Å²) in [6, 6.07) is 5.07. The van der Waals surface area contributed by atoms with Gasteiger partial charge in [0, 0.05) is 19.6 Å². The molecular weight excluding hydrogens is 347 g/mol. The Bertz CT molecular complexity index is 601. The Morgan fingerprint density at radius 1 is 1.22 bits per heavy atom. The fourth-order valence-corrected chi connectivity index (χ4v) is 3.41. The molecule has 7 heteroatoms. The maximum Gasteiger partial charge on any atom is 0.315 e. The Labute approximate surface area is 160 Å². The molecule has 2 rings (SSSR count). The van der Waals surface area contributed by atoms with Gasteiger partial charge in [-0.1, -0.05) is 25.5 Å². The average Bonchev–Trinajstić information content (AvgIpc) is 2.67. The third-order valence-corrected chi connectivity index (χ3v) is 4.97. The molecule has 3 amide bonds. The molecule has 0 spiro atoms. The number of hydrogen-bond donors (Lipinski definition) is 3. The first-order valence-corrected chi connectivity index (χ1v) is 9.75. The van der Waals surface area contributed by atoms with Gasteiger partial charge in [0.05, 0.1) is 0 Å². The zero-order chi connectivity index (χ0) is 19.6. The Hall–Kier alpha value is -2.15. The monoisotopic (exact) mass is 378 g/mol. The summed E-state index contributed by atoms with van der Waals surface area (Å²) >= 11 is 0. The predicted molar refractivity (Wildman–Crippen MR) is 104 cm³/mol. The maximum absolute atomic E-state index is 12.9. The Kier molecular flexibility index (Phi) is 8.51. The van der Waals surface area contributed by atoms with Gasteiger partial charge in [0.1, 0.15) is 11.9 Å². The van der Waals surface area contributed by atoms with Crippen molar-refractivity contribution in [3.8, 4) is 0 Å². The SMILES string of the molecule is CCCC(NC(=O)NCc1ccc(F)cc1)C(=O)N1CCC(CNC)CC1. The Balaban J connectivity index is 1.83. The van der Waals surface area contributed by atoms with E-state index in [1.54, 1.807) is 12.1 Å². The molecule has 1 aromatic carbocycles. The number of halogens is 1. The van der Waals surface area contributed by atoms with Crippen molar-refractivity contribution in [3.05, 3.63) is 35.6 Å². The first-order valence-electron chi connectivity index (χ1n) is 9.75. The fourth-order valence-electron chi connectivity index (χ4n) is 3.41. The molecule has 1 saturated heterocycles. The van der Waals surface area contributed by atoms with Crippen LogP contribution in [0.3, 0.4) is 0 Å². The number of hydrogen-bond acceptors (Lipinski definition) is 3. The summed E-state index contributed by atoms with van der Waals surface area (Å²) in [7, 11) is 1.95. The zero-order valence-corrected chi connectivity index (χ0v) is 16.3. The molecule has 3 N–H and O–H groups in total. The maximum atomic E-state index is 12.9. The highest BCUT2D eigenvalue weighted by Gasteiger charge is 2.28. The van der Waals surface area contributed by atoms with E-state index in [0.29, 0.717) is 12.3 Å². The van der Waals surface area contributed by atoms with Gasteiger partial charge in [-0.05, 0) is 56.5 Å². The van der Waals surface area contributed by atoms with E-state index in [1.165, 1.54) is 12.1 Å². The fraction of sp³-hybridized carbons (Fsp3) is 0.600. The van der Waals surface area contributed by atoms with Gasteiger partial charge in [-0.25, -0.2) is 9.18 Å². The molecule has 1 fully saturated rings. The molecular formula is C20H31FN4O2. The molecule has 1 aliphatic rings. The lowest BCUT2D eigenvalue weighted by molar-refractivity contribution is -0.134. The van der Waals surface area contributed by atoms with Crippen LogP contribution in [0.1, 0.15) is 38.2 Å². The van der Waals surface area contributed by atoms with Crippen molar-refractivity contribution in [1.82, 2.24) is 20.9 Å². The standard InChI is InChI=1S/C20H31FN4O2/c1-3-4-18(19(26)25-11-9-16(10-12-25)13-22-2)24-20(27)23-14-15-5-7-17(21)8-6-15/h5-8,16,18,22H,3-4,9-14H2,1-2H3,(H2,23,24,27). The largest absolute Gasteiger partial charge is 0.341 e. The van der Waals surface area contributed by atoms with E-state index in [4.69, 9.17) is 0 Å². The summed E-state index contributed by atoms with van der Waals surface area (Å²) in [5.74, 6) is 0.294. The smallest absolute Gasteiger partial charge is 0.315 e. The molecule has 0 aliphatic carbocycles. The van der Waals surface area contributed by atoms with Crippen LogP contribution in [0.15, 0.2) is 24.3 Å². The first-order chi connectivity index (χ1) is 13.0. The lowest BCUT2D eigenvalue weighted by Crippen LogP contribution is -2.53. The number of nitrogens with one attached hydrogen (secondary N) is 3. The third kappa shape index (κ3) is 6.82. The van der Waals surface area contributed by atoms with Gasteiger partial charge >= 0.3 is 6.03 Å². The number of likely N-dealkylation sites (tertiary alicyclic amines) is 1. The number of piperidine rings is 1. The molecule has 6 nitrogen and oxygen atoms in total. The summed E-state index contributed by atoms with van der Waals surface area (Å²) in [4.78, 5) is 26.9. The van der Waals surface area contributed by atoms with Crippen LogP contribution < -0.4 is 16.0 Å². The van der Waals surface area contributed by atoms with Crippen LogP contribution in [0.5, 0.6) is 0 Å². The lowest BCUT2D eigenvalue weighted by Gasteiger charge is -2.34. The van der Waals surface area contributed by atoms with Gasteiger partial charge in [-0.2, -0.15) is 0 Å². The molecule has 1 heterocycles. The van der Waals surface area contributed by atoms with Crippen molar-refractivity contribution in [2.75, 3.05) is 26.7 Å². The van der Waals surface area contributed by atoms with Gasteiger partial charge in [-0.15, -0.1) is 0 Å². The van der Waals surface area contributed by atoms with Gasteiger partial charge in [0.15, 0.2) is 0 Å². The van der Waals surface area contributed by atoms with Crippen molar-refractivity contribution in [2.24, 2.45) is 5.92 Å². The number of nitrogens with zero attached hydrogens (tertiary/aromatic N) is 1. The molecule has 1 aliphatic heterocycles. The molecule has 1 aromatic rings. The zero-order valence-electron chi connectivity index (χ0n) is 16.3. The summed E-state index contributed by atoms with van der Waals surface area (Å²) < 4.78 is 12.9. The van der Waals surface area contributed by atoms with Crippen LogP contribution in [0.2, 0.25) is 0 Å². The lowest BCUT2D eigenvalue weighted by atomic mass is 9.96.